The van der Waals surface area contributed by atoms with Crippen LogP contribution >= 0.6 is 22.6 Å². The molecule has 0 aromatic heterocycles. The summed E-state index contributed by atoms with van der Waals surface area (Å²) in [5.41, 5.74) is 7.60. The molecule has 0 bridgehead atoms. The van der Waals surface area contributed by atoms with Crippen LogP contribution in [0, 0.1) is 3.57 Å². The van der Waals surface area contributed by atoms with Crippen LogP contribution in [0.25, 0.3) is 0 Å². The molecule has 0 aliphatic heterocycles. The van der Waals surface area contributed by atoms with Crippen LogP contribution in [-0.4, -0.2) is 23.0 Å². The van der Waals surface area contributed by atoms with E-state index in [4.69, 9.17) is 10.5 Å². The van der Waals surface area contributed by atoms with Crippen molar-refractivity contribution in [1.29, 1.82) is 0 Å². The largest absolute Gasteiger partial charge is 0.508 e. The van der Waals surface area contributed by atoms with Crippen LogP contribution in [0.4, 0.5) is 16.2 Å². The Morgan fingerprint density at radius 1 is 1.03 bits per heavy atom. The van der Waals surface area contributed by atoms with Gasteiger partial charge in [0.15, 0.2) is 0 Å². The van der Waals surface area contributed by atoms with Crippen LogP contribution in [0.1, 0.15) is 41.3 Å². The lowest BCUT2D eigenvalue weighted by Crippen LogP contribution is -2.32. The molecule has 3 rings (SSSR count). The highest BCUT2D eigenvalue weighted by molar-refractivity contribution is 14.1. The van der Waals surface area contributed by atoms with Gasteiger partial charge in [-0.05, 0) is 90.4 Å². The van der Waals surface area contributed by atoms with E-state index >= 15 is 0 Å². The smallest absolute Gasteiger partial charge is 0.414 e. The highest BCUT2D eigenvalue weighted by atomic mass is 127. The van der Waals surface area contributed by atoms with Crippen molar-refractivity contribution in [2.45, 2.75) is 25.4 Å². The second kappa shape index (κ2) is 13.3. The van der Waals surface area contributed by atoms with Crippen molar-refractivity contribution < 1.29 is 24.2 Å². The number of nitrogen functional groups attached to an aromatic ring is 1. The first-order valence-corrected chi connectivity index (χ1v) is 12.3. The molecule has 36 heavy (non-hydrogen) atoms. The average molecular weight is 599 g/mol. The van der Waals surface area contributed by atoms with Crippen LogP contribution in [0.15, 0.2) is 84.9 Å². The summed E-state index contributed by atoms with van der Waals surface area (Å²) in [6.45, 7) is 0. The van der Waals surface area contributed by atoms with Crippen LogP contribution in [0.2, 0.25) is 0 Å². The van der Waals surface area contributed by atoms with Crippen LogP contribution in [-0.2, 0) is 9.53 Å². The number of amides is 3. The highest BCUT2D eigenvalue weighted by Crippen LogP contribution is 2.32. The van der Waals surface area contributed by atoms with E-state index in [0.29, 0.717) is 41.8 Å². The van der Waals surface area contributed by atoms with Gasteiger partial charge in [-0.2, -0.15) is 0 Å². The summed E-state index contributed by atoms with van der Waals surface area (Å²) < 4.78 is 6.39. The number of nitrogens with one attached hydrogen (secondary N) is 2. The first-order valence-electron chi connectivity index (χ1n) is 11.2. The van der Waals surface area contributed by atoms with Gasteiger partial charge < -0.3 is 20.9 Å². The number of para-hydroxylation sites is 2. The van der Waals surface area contributed by atoms with Gasteiger partial charge in [0.1, 0.15) is 11.9 Å². The normalized spacial score (nSPS) is 11.6. The molecular weight excluding hydrogens is 573 g/mol. The number of anilines is 2. The van der Waals surface area contributed by atoms with E-state index in [1.165, 1.54) is 12.1 Å². The minimum atomic E-state index is -0.914. The van der Waals surface area contributed by atoms with E-state index < -0.39 is 18.1 Å². The molecular formula is C27H26IN3O5. The van der Waals surface area contributed by atoms with Crippen molar-refractivity contribution in [3.63, 3.8) is 0 Å². The predicted molar refractivity (Wildman–Crippen MR) is 146 cm³/mol. The molecule has 0 fully saturated rings. The number of nitrogens with two attached hydrogens (primary N) is 1. The Hall–Kier alpha value is -3.86. The van der Waals surface area contributed by atoms with E-state index in [1.807, 2.05) is 0 Å². The number of allylic oxidation sites excluding steroid dienone is 1. The van der Waals surface area contributed by atoms with Crippen LogP contribution in [0.5, 0.6) is 5.75 Å². The van der Waals surface area contributed by atoms with Crippen molar-refractivity contribution in [2.75, 3.05) is 11.1 Å². The molecule has 0 radical (unpaired) electrons. The third-order valence-corrected chi connectivity index (χ3v) is 5.83. The number of unbranched alkanes of at least 4 members (excludes halogenated alkanes) is 1. The van der Waals surface area contributed by atoms with Gasteiger partial charge in [0.05, 0.1) is 11.4 Å². The molecule has 1 atom stereocenters. The van der Waals surface area contributed by atoms with Gasteiger partial charge in [0, 0.05) is 14.7 Å². The minimum Gasteiger partial charge on any atom is -0.508 e. The molecule has 0 aliphatic rings. The first-order chi connectivity index (χ1) is 17.3. The molecule has 0 unspecified atom stereocenters. The number of imide groups is 1. The number of hydrogen-bond acceptors (Lipinski definition) is 6. The fourth-order valence-electron chi connectivity index (χ4n) is 3.37. The van der Waals surface area contributed by atoms with Crippen molar-refractivity contribution in [3.8, 4) is 5.75 Å². The second-order valence-corrected chi connectivity index (χ2v) is 9.07. The number of phenolic OH excluding ortho intramolecular Hbond substituents is 1. The number of phenols is 1. The van der Waals surface area contributed by atoms with E-state index in [9.17, 15) is 19.5 Å². The molecule has 3 amide bonds. The number of halogens is 1. The third kappa shape index (κ3) is 8.12. The molecule has 0 spiro atoms. The number of carbonyl (C=O) groups is 3. The Labute approximate surface area is 222 Å². The van der Waals surface area contributed by atoms with Gasteiger partial charge in [-0.15, -0.1) is 0 Å². The van der Waals surface area contributed by atoms with Gasteiger partial charge in [0.25, 0.3) is 5.91 Å². The van der Waals surface area contributed by atoms with Gasteiger partial charge in [0.2, 0.25) is 5.91 Å². The third-order valence-electron chi connectivity index (χ3n) is 5.16. The molecule has 0 aliphatic carbocycles. The number of carbonyl (C=O) groups excluding carboxylic acids is 3. The van der Waals surface area contributed by atoms with Gasteiger partial charge in [-0.25, -0.2) is 4.79 Å². The lowest BCUT2D eigenvalue weighted by atomic mass is 10.0. The first kappa shape index (κ1) is 26.7. The SMILES string of the molecule is Nc1ccccc1NC(=O)/C=C/CCC[C@@H](OC(=O)NC(=O)c1ccccc1)c1cc(I)ccc1O. The van der Waals surface area contributed by atoms with E-state index in [1.54, 1.807) is 72.8 Å². The van der Waals surface area contributed by atoms with Crippen molar-refractivity contribution >= 4 is 51.9 Å². The van der Waals surface area contributed by atoms with Gasteiger partial charge in [-0.3, -0.25) is 14.9 Å². The Kier molecular flexibility index (Phi) is 9.87. The summed E-state index contributed by atoms with van der Waals surface area (Å²) in [5, 5.41) is 15.3. The van der Waals surface area contributed by atoms with Crippen molar-refractivity contribution in [2.24, 2.45) is 0 Å². The van der Waals surface area contributed by atoms with Gasteiger partial charge in [-0.1, -0.05) is 36.4 Å². The lowest BCUT2D eigenvalue weighted by molar-refractivity contribution is -0.111. The monoisotopic (exact) mass is 599 g/mol. The van der Waals surface area contributed by atoms with Crippen LogP contribution in [0.3, 0.4) is 0 Å². The molecule has 0 saturated carbocycles. The molecule has 3 aromatic rings. The van der Waals surface area contributed by atoms with Crippen LogP contribution < -0.4 is 16.4 Å². The second-order valence-electron chi connectivity index (χ2n) is 7.83. The topological polar surface area (TPSA) is 131 Å². The predicted octanol–water partition coefficient (Wildman–Crippen LogP) is 5.55. The Morgan fingerprint density at radius 2 is 1.75 bits per heavy atom. The molecule has 0 saturated heterocycles. The zero-order valence-corrected chi connectivity index (χ0v) is 21.5. The summed E-state index contributed by atoms with van der Waals surface area (Å²) in [7, 11) is 0. The fraction of sp³-hybridized carbons (Fsp3) is 0.148. The van der Waals surface area contributed by atoms with Gasteiger partial charge >= 0.3 is 6.09 Å². The maximum Gasteiger partial charge on any atom is 0.414 e. The summed E-state index contributed by atoms with van der Waals surface area (Å²) in [5.74, 6) is -0.910. The Balaban J connectivity index is 1.59. The highest BCUT2D eigenvalue weighted by Gasteiger charge is 2.22. The van der Waals surface area contributed by atoms with E-state index in [0.717, 1.165) is 3.57 Å². The van der Waals surface area contributed by atoms with E-state index in [-0.39, 0.29) is 11.7 Å². The Bertz CT molecular complexity index is 1250. The quantitative estimate of drug-likeness (QED) is 0.110. The number of hydrogen-bond donors (Lipinski definition) is 4. The summed E-state index contributed by atoms with van der Waals surface area (Å²) in [4.78, 5) is 36.9. The maximum atomic E-state index is 12.5. The Morgan fingerprint density at radius 3 is 2.50 bits per heavy atom. The fourth-order valence-corrected chi connectivity index (χ4v) is 3.89. The minimum absolute atomic E-state index is 0.0158. The molecule has 186 valence electrons. The number of ether oxygens (including phenoxy) is 1. The lowest BCUT2D eigenvalue weighted by Gasteiger charge is -2.19. The molecule has 5 N–H and O–H groups in total. The number of aromatic hydroxyl groups is 1. The molecule has 0 heterocycles. The zero-order chi connectivity index (χ0) is 25.9. The summed E-state index contributed by atoms with van der Waals surface area (Å²) in [6.07, 6.45) is 2.84. The van der Waals surface area contributed by atoms with Crippen molar-refractivity contribution in [1.82, 2.24) is 5.32 Å². The molecule has 8 nitrogen and oxygen atoms in total. The summed E-state index contributed by atoms with van der Waals surface area (Å²) >= 11 is 2.10. The molecule has 9 heteroatoms. The standard InChI is InChI=1S/C27H26IN3O5/c28-19-15-16-23(32)20(17-19)24(36-27(35)31-26(34)18-9-3-1-4-10-18)13-5-2-6-14-25(33)30-22-12-8-7-11-21(22)29/h1,3-4,6-12,14-17,24,32H,2,5,13,29H2,(H,30,33)(H,31,34,35)/b14-6+/t24-/m1/s1. The zero-order valence-electron chi connectivity index (χ0n) is 19.3. The molecule has 3 aromatic carbocycles. The van der Waals surface area contributed by atoms with Crippen molar-refractivity contribution in [3.05, 3.63) is 99.6 Å². The van der Waals surface area contributed by atoms with E-state index in [2.05, 4.69) is 33.2 Å². The number of benzene rings is 3. The summed E-state index contributed by atoms with van der Waals surface area (Å²) in [6, 6.07) is 20.3. The average Bonchev–Trinajstić information content (AvgIpc) is 2.86. The maximum absolute atomic E-state index is 12.5. The number of rotatable bonds is 9. The number of alkyl carbamates (subject to hydrolysis) is 1.